The molecule has 1 aromatic heterocycles. The number of sulfonamides is 1. The number of nitrogens with one attached hydrogen (secondary N) is 1. The number of carboxylic acids is 1. The standard InChI is InChI=1S/C14H15NO4S2/c1-10-12(14(16)17)5-2-6-13(10)21(18,19)15-8-7-11-4-3-9-20-11/h2-6,9,15H,7-8H2,1H3,(H,16,17). The topological polar surface area (TPSA) is 83.5 Å². The van der Waals surface area contributed by atoms with Gasteiger partial charge >= 0.3 is 5.97 Å². The van der Waals surface area contributed by atoms with Gasteiger partial charge in [0.25, 0.3) is 0 Å². The fourth-order valence-corrected chi connectivity index (χ4v) is 3.98. The van der Waals surface area contributed by atoms with Gasteiger partial charge in [0.1, 0.15) is 0 Å². The summed E-state index contributed by atoms with van der Waals surface area (Å²) in [5, 5.41) is 11.0. The highest BCUT2D eigenvalue weighted by atomic mass is 32.2. The zero-order valence-corrected chi connectivity index (χ0v) is 13.0. The Hall–Kier alpha value is -1.70. The molecule has 0 radical (unpaired) electrons. The van der Waals surface area contributed by atoms with E-state index in [0.717, 1.165) is 4.88 Å². The molecule has 0 bridgehead atoms. The van der Waals surface area contributed by atoms with Gasteiger partial charge < -0.3 is 5.11 Å². The van der Waals surface area contributed by atoms with Crippen LogP contribution in [0.15, 0.2) is 40.6 Å². The normalized spacial score (nSPS) is 11.5. The van der Waals surface area contributed by atoms with E-state index in [0.29, 0.717) is 6.42 Å². The zero-order chi connectivity index (χ0) is 15.5. The molecule has 7 heteroatoms. The number of carboxylic acid groups (broad SMARTS) is 1. The van der Waals surface area contributed by atoms with E-state index in [-0.39, 0.29) is 22.6 Å². The summed E-state index contributed by atoms with van der Waals surface area (Å²) in [6.45, 7) is 1.77. The number of rotatable bonds is 6. The van der Waals surface area contributed by atoms with Crippen molar-refractivity contribution in [3.63, 3.8) is 0 Å². The number of hydrogen-bond acceptors (Lipinski definition) is 4. The summed E-state index contributed by atoms with van der Waals surface area (Å²) in [7, 11) is -3.71. The lowest BCUT2D eigenvalue weighted by molar-refractivity contribution is 0.0696. The Morgan fingerprint density at radius 2 is 2.05 bits per heavy atom. The van der Waals surface area contributed by atoms with Crippen LogP contribution in [0.4, 0.5) is 0 Å². The summed E-state index contributed by atoms with van der Waals surface area (Å²) in [4.78, 5) is 12.2. The maximum atomic E-state index is 12.3. The molecule has 0 spiro atoms. The fourth-order valence-electron chi connectivity index (χ4n) is 1.98. The molecule has 0 fully saturated rings. The summed E-state index contributed by atoms with van der Waals surface area (Å²) >= 11 is 1.57. The van der Waals surface area contributed by atoms with E-state index in [1.807, 2.05) is 17.5 Å². The third-order valence-electron chi connectivity index (χ3n) is 3.05. The summed E-state index contributed by atoms with van der Waals surface area (Å²) in [6, 6.07) is 8.09. The van der Waals surface area contributed by atoms with Crippen molar-refractivity contribution >= 4 is 27.3 Å². The van der Waals surface area contributed by atoms with Crippen LogP contribution in [0.2, 0.25) is 0 Å². The Balaban J connectivity index is 2.16. The van der Waals surface area contributed by atoms with Gasteiger partial charge in [0.05, 0.1) is 10.5 Å². The van der Waals surface area contributed by atoms with Crippen LogP contribution in [0, 0.1) is 6.92 Å². The van der Waals surface area contributed by atoms with E-state index in [1.54, 1.807) is 11.3 Å². The molecule has 5 nitrogen and oxygen atoms in total. The van der Waals surface area contributed by atoms with Gasteiger partial charge in [0.2, 0.25) is 10.0 Å². The first-order valence-electron chi connectivity index (χ1n) is 6.27. The number of thiophene rings is 1. The van der Waals surface area contributed by atoms with Crippen molar-refractivity contribution in [2.45, 2.75) is 18.2 Å². The Morgan fingerprint density at radius 1 is 1.29 bits per heavy atom. The predicted molar refractivity (Wildman–Crippen MR) is 81.3 cm³/mol. The minimum absolute atomic E-state index is 0.00358. The van der Waals surface area contributed by atoms with Crippen LogP contribution in [0.3, 0.4) is 0 Å². The van der Waals surface area contributed by atoms with E-state index in [1.165, 1.54) is 25.1 Å². The van der Waals surface area contributed by atoms with Crippen LogP contribution in [-0.4, -0.2) is 26.0 Å². The number of aromatic carboxylic acids is 1. The zero-order valence-electron chi connectivity index (χ0n) is 11.4. The molecule has 2 N–H and O–H groups in total. The molecule has 1 aromatic carbocycles. The third-order valence-corrected chi connectivity index (χ3v) is 5.59. The van der Waals surface area contributed by atoms with Crippen LogP contribution >= 0.6 is 11.3 Å². The average molecular weight is 325 g/mol. The van der Waals surface area contributed by atoms with E-state index in [2.05, 4.69) is 4.72 Å². The molecule has 112 valence electrons. The van der Waals surface area contributed by atoms with Crippen molar-refractivity contribution < 1.29 is 18.3 Å². The lowest BCUT2D eigenvalue weighted by atomic mass is 10.1. The van der Waals surface area contributed by atoms with Gasteiger partial charge in [-0.05, 0) is 42.5 Å². The highest BCUT2D eigenvalue weighted by Gasteiger charge is 2.20. The van der Waals surface area contributed by atoms with Crippen LogP contribution in [-0.2, 0) is 16.4 Å². The molecular formula is C14H15NO4S2. The molecule has 2 aromatic rings. The van der Waals surface area contributed by atoms with Crippen molar-refractivity contribution in [3.05, 3.63) is 51.7 Å². The van der Waals surface area contributed by atoms with Crippen molar-refractivity contribution in [2.75, 3.05) is 6.54 Å². The SMILES string of the molecule is Cc1c(C(=O)O)cccc1S(=O)(=O)NCCc1cccs1. The molecule has 0 unspecified atom stereocenters. The second-order valence-corrected chi connectivity index (χ2v) is 7.23. The van der Waals surface area contributed by atoms with E-state index >= 15 is 0 Å². The van der Waals surface area contributed by atoms with Gasteiger partial charge in [-0.25, -0.2) is 17.9 Å². The molecule has 0 saturated carbocycles. The highest BCUT2D eigenvalue weighted by molar-refractivity contribution is 7.89. The van der Waals surface area contributed by atoms with Crippen molar-refractivity contribution in [1.82, 2.24) is 4.72 Å². The van der Waals surface area contributed by atoms with Crippen LogP contribution < -0.4 is 4.72 Å². The molecular weight excluding hydrogens is 310 g/mol. The molecule has 0 saturated heterocycles. The van der Waals surface area contributed by atoms with Crippen molar-refractivity contribution in [2.24, 2.45) is 0 Å². The first kappa shape index (κ1) is 15.7. The van der Waals surface area contributed by atoms with E-state index in [4.69, 9.17) is 5.11 Å². The van der Waals surface area contributed by atoms with Crippen LogP contribution in [0.1, 0.15) is 20.8 Å². The summed E-state index contributed by atoms with van der Waals surface area (Å²) < 4.78 is 27.0. The molecule has 0 amide bonds. The van der Waals surface area contributed by atoms with E-state index < -0.39 is 16.0 Å². The summed E-state index contributed by atoms with van der Waals surface area (Å²) in [6.07, 6.45) is 0.606. The quantitative estimate of drug-likeness (QED) is 0.853. The number of benzene rings is 1. The second-order valence-electron chi connectivity index (χ2n) is 4.46. The predicted octanol–water partition coefficient (Wildman–Crippen LogP) is 2.28. The van der Waals surface area contributed by atoms with Gasteiger partial charge in [0.15, 0.2) is 0 Å². The first-order valence-corrected chi connectivity index (χ1v) is 8.63. The largest absolute Gasteiger partial charge is 0.478 e. The van der Waals surface area contributed by atoms with Crippen molar-refractivity contribution in [1.29, 1.82) is 0 Å². The smallest absolute Gasteiger partial charge is 0.335 e. The second kappa shape index (κ2) is 6.38. The third kappa shape index (κ3) is 3.69. The van der Waals surface area contributed by atoms with Crippen LogP contribution in [0.25, 0.3) is 0 Å². The van der Waals surface area contributed by atoms with E-state index in [9.17, 15) is 13.2 Å². The summed E-state index contributed by atoms with van der Waals surface area (Å²) in [5.74, 6) is -1.14. The van der Waals surface area contributed by atoms with Crippen molar-refractivity contribution in [3.8, 4) is 0 Å². The maximum Gasteiger partial charge on any atom is 0.335 e. The van der Waals surface area contributed by atoms with Gasteiger partial charge in [-0.3, -0.25) is 0 Å². The minimum Gasteiger partial charge on any atom is -0.478 e. The summed E-state index contributed by atoms with van der Waals surface area (Å²) in [5.41, 5.74) is 0.241. The molecule has 21 heavy (non-hydrogen) atoms. The van der Waals surface area contributed by atoms with Gasteiger partial charge in [-0.2, -0.15) is 0 Å². The number of carbonyl (C=O) groups is 1. The number of hydrogen-bond donors (Lipinski definition) is 2. The Bertz CT molecular complexity index is 736. The van der Waals surface area contributed by atoms with Gasteiger partial charge in [-0.15, -0.1) is 11.3 Å². The minimum atomic E-state index is -3.71. The maximum absolute atomic E-state index is 12.3. The average Bonchev–Trinajstić information content (AvgIpc) is 2.91. The highest BCUT2D eigenvalue weighted by Crippen LogP contribution is 2.19. The Labute approximate surface area is 127 Å². The lowest BCUT2D eigenvalue weighted by Gasteiger charge is -2.10. The lowest BCUT2D eigenvalue weighted by Crippen LogP contribution is -2.27. The first-order chi connectivity index (χ1) is 9.92. The molecule has 1 heterocycles. The molecule has 0 atom stereocenters. The Kier molecular flexibility index (Phi) is 4.76. The van der Waals surface area contributed by atoms with Crippen LogP contribution in [0.5, 0.6) is 0 Å². The molecule has 0 aliphatic carbocycles. The molecule has 0 aliphatic rings. The monoisotopic (exact) mass is 325 g/mol. The molecule has 2 rings (SSSR count). The van der Waals surface area contributed by atoms with Gasteiger partial charge in [-0.1, -0.05) is 12.1 Å². The van der Waals surface area contributed by atoms with Gasteiger partial charge in [0, 0.05) is 11.4 Å². The Morgan fingerprint density at radius 3 is 2.67 bits per heavy atom. The molecule has 0 aliphatic heterocycles. The fraction of sp³-hybridized carbons (Fsp3) is 0.214.